The third-order valence-electron chi connectivity index (χ3n) is 1.87. The average Bonchev–Trinajstić information content (AvgIpc) is 2.20. The van der Waals surface area contributed by atoms with Crippen molar-refractivity contribution < 1.29 is 14.6 Å². The first kappa shape index (κ1) is 11.4. The van der Waals surface area contributed by atoms with Gasteiger partial charge in [-0.2, -0.15) is 0 Å². The molecule has 1 aromatic rings. The first-order valence-electron chi connectivity index (χ1n) is 4.78. The van der Waals surface area contributed by atoms with Crippen molar-refractivity contribution in [2.75, 3.05) is 6.61 Å². The van der Waals surface area contributed by atoms with Gasteiger partial charge in [-0.25, -0.2) is 4.79 Å². The summed E-state index contributed by atoms with van der Waals surface area (Å²) in [6.45, 7) is 2.10. The van der Waals surface area contributed by atoms with E-state index in [0.29, 0.717) is 12.2 Å². The zero-order chi connectivity index (χ0) is 11.3. The van der Waals surface area contributed by atoms with Crippen LogP contribution in [-0.2, 0) is 9.53 Å². The number of carbonyl (C=O) groups excluding carboxylic acids is 1. The number of phenols is 1. The molecule has 0 spiro atoms. The van der Waals surface area contributed by atoms with E-state index in [1.807, 2.05) is 7.85 Å². The van der Waals surface area contributed by atoms with Gasteiger partial charge in [-0.3, -0.25) is 0 Å². The Morgan fingerprint density at radius 1 is 1.60 bits per heavy atom. The quantitative estimate of drug-likeness (QED) is 0.435. The van der Waals surface area contributed by atoms with Crippen LogP contribution in [0.15, 0.2) is 24.3 Å². The number of carbonyl (C=O) groups is 1. The van der Waals surface area contributed by atoms with Gasteiger partial charge < -0.3 is 9.84 Å². The van der Waals surface area contributed by atoms with Gasteiger partial charge in [0, 0.05) is 11.6 Å². The standard InChI is InChI=1S/C11H13BO3/c1-2-15-11(14)6-3-8-7-9(12)4-5-10(8)13/h3-7,13H,2,12H2,1H3/b6-3+. The SMILES string of the molecule is Bc1ccc(O)c(/C=C/C(=O)OCC)c1. The Kier molecular flexibility index (Phi) is 3.97. The number of esters is 1. The molecule has 0 aromatic heterocycles. The highest BCUT2D eigenvalue weighted by Gasteiger charge is 1.99. The molecule has 0 fully saturated rings. The van der Waals surface area contributed by atoms with E-state index in [1.54, 1.807) is 31.2 Å². The van der Waals surface area contributed by atoms with E-state index < -0.39 is 5.97 Å². The van der Waals surface area contributed by atoms with Crippen molar-refractivity contribution in [3.63, 3.8) is 0 Å². The van der Waals surface area contributed by atoms with Crippen LogP contribution in [-0.4, -0.2) is 25.5 Å². The monoisotopic (exact) mass is 204 g/mol. The van der Waals surface area contributed by atoms with E-state index in [9.17, 15) is 9.90 Å². The summed E-state index contributed by atoms with van der Waals surface area (Å²) in [7, 11) is 1.92. The van der Waals surface area contributed by atoms with Crippen molar-refractivity contribution in [2.24, 2.45) is 0 Å². The maximum atomic E-state index is 11.0. The molecule has 0 radical (unpaired) electrons. The van der Waals surface area contributed by atoms with Crippen molar-refractivity contribution in [1.29, 1.82) is 0 Å². The summed E-state index contributed by atoms with van der Waals surface area (Å²) < 4.78 is 4.73. The van der Waals surface area contributed by atoms with Crippen LogP contribution < -0.4 is 5.46 Å². The summed E-state index contributed by atoms with van der Waals surface area (Å²) in [6, 6.07) is 5.20. The van der Waals surface area contributed by atoms with Gasteiger partial charge in [0.25, 0.3) is 0 Å². The van der Waals surface area contributed by atoms with Gasteiger partial charge in [-0.1, -0.05) is 17.6 Å². The molecule has 0 unspecified atom stereocenters. The number of benzene rings is 1. The Morgan fingerprint density at radius 2 is 2.33 bits per heavy atom. The number of rotatable bonds is 3. The lowest BCUT2D eigenvalue weighted by atomic mass is 9.94. The fraction of sp³-hybridized carbons (Fsp3) is 0.182. The number of phenolic OH excluding ortho intramolecular Hbond substituents is 1. The zero-order valence-corrected chi connectivity index (χ0v) is 8.86. The molecule has 78 valence electrons. The van der Waals surface area contributed by atoms with Gasteiger partial charge in [0.1, 0.15) is 13.6 Å². The van der Waals surface area contributed by atoms with Crippen LogP contribution in [0.5, 0.6) is 5.75 Å². The molecule has 1 N–H and O–H groups in total. The Bertz CT molecular complexity index is 385. The van der Waals surface area contributed by atoms with E-state index in [0.717, 1.165) is 5.46 Å². The van der Waals surface area contributed by atoms with Crippen molar-refractivity contribution in [1.82, 2.24) is 0 Å². The molecule has 4 heteroatoms. The molecule has 0 saturated heterocycles. The maximum absolute atomic E-state index is 11.0. The van der Waals surface area contributed by atoms with E-state index in [1.165, 1.54) is 6.08 Å². The first-order chi connectivity index (χ1) is 7.13. The third-order valence-corrected chi connectivity index (χ3v) is 1.87. The third kappa shape index (κ3) is 3.50. The van der Waals surface area contributed by atoms with Crippen molar-refractivity contribution in [2.45, 2.75) is 6.92 Å². The smallest absolute Gasteiger partial charge is 0.330 e. The second-order valence-electron chi connectivity index (χ2n) is 3.15. The van der Waals surface area contributed by atoms with Gasteiger partial charge in [0.15, 0.2) is 0 Å². The largest absolute Gasteiger partial charge is 0.507 e. The molecule has 0 amide bonds. The second kappa shape index (κ2) is 5.24. The fourth-order valence-corrected chi connectivity index (χ4v) is 1.16. The van der Waals surface area contributed by atoms with Crippen LogP contribution in [0.1, 0.15) is 12.5 Å². The van der Waals surface area contributed by atoms with E-state index in [2.05, 4.69) is 0 Å². The van der Waals surface area contributed by atoms with E-state index >= 15 is 0 Å². The van der Waals surface area contributed by atoms with Crippen LogP contribution in [0.3, 0.4) is 0 Å². The maximum Gasteiger partial charge on any atom is 0.330 e. The van der Waals surface area contributed by atoms with Crippen LogP contribution in [0.4, 0.5) is 0 Å². The predicted molar refractivity (Wildman–Crippen MR) is 62.0 cm³/mol. The molecule has 0 saturated carbocycles. The minimum atomic E-state index is -0.404. The lowest BCUT2D eigenvalue weighted by Gasteiger charge is -2.00. The minimum absolute atomic E-state index is 0.154. The molecule has 0 bridgehead atoms. The first-order valence-corrected chi connectivity index (χ1v) is 4.78. The summed E-state index contributed by atoms with van der Waals surface area (Å²) in [4.78, 5) is 11.0. The highest BCUT2D eigenvalue weighted by molar-refractivity contribution is 6.32. The summed E-state index contributed by atoms with van der Waals surface area (Å²) in [5.41, 5.74) is 1.64. The van der Waals surface area contributed by atoms with Crippen molar-refractivity contribution >= 4 is 25.4 Å². The Hall–Kier alpha value is -1.71. The van der Waals surface area contributed by atoms with Gasteiger partial charge in [0.2, 0.25) is 0 Å². The number of hydrogen-bond donors (Lipinski definition) is 1. The van der Waals surface area contributed by atoms with E-state index in [4.69, 9.17) is 4.74 Å². The average molecular weight is 204 g/mol. The Labute approximate surface area is 89.8 Å². The number of ether oxygens (including phenoxy) is 1. The molecule has 0 atom stereocenters. The summed E-state index contributed by atoms with van der Waals surface area (Å²) >= 11 is 0. The molecule has 0 aliphatic heterocycles. The molecular formula is C11H13BO3. The molecule has 1 rings (SSSR count). The normalized spacial score (nSPS) is 10.5. The van der Waals surface area contributed by atoms with Crippen molar-refractivity contribution in [3.8, 4) is 5.75 Å². The van der Waals surface area contributed by atoms with Gasteiger partial charge in [0.05, 0.1) is 6.61 Å². The lowest BCUT2D eigenvalue weighted by molar-refractivity contribution is -0.137. The Balaban J connectivity index is 2.79. The molecule has 0 aliphatic carbocycles. The fourth-order valence-electron chi connectivity index (χ4n) is 1.16. The molecular weight excluding hydrogens is 191 g/mol. The van der Waals surface area contributed by atoms with Crippen LogP contribution in [0, 0.1) is 0 Å². The topological polar surface area (TPSA) is 46.5 Å². The highest BCUT2D eigenvalue weighted by Crippen LogP contribution is 2.15. The Morgan fingerprint density at radius 3 is 3.00 bits per heavy atom. The molecule has 3 nitrogen and oxygen atoms in total. The summed E-state index contributed by atoms with van der Waals surface area (Å²) in [5.74, 6) is -0.250. The predicted octanol–water partition coefficient (Wildman–Crippen LogP) is 0.227. The number of aromatic hydroxyl groups is 1. The van der Waals surface area contributed by atoms with Crippen LogP contribution in [0.25, 0.3) is 6.08 Å². The molecule has 15 heavy (non-hydrogen) atoms. The minimum Gasteiger partial charge on any atom is -0.507 e. The zero-order valence-electron chi connectivity index (χ0n) is 8.86. The molecule has 0 aliphatic rings. The molecule has 1 aromatic carbocycles. The van der Waals surface area contributed by atoms with Gasteiger partial charge >= 0.3 is 5.97 Å². The second-order valence-corrected chi connectivity index (χ2v) is 3.15. The lowest BCUT2D eigenvalue weighted by Crippen LogP contribution is -2.02. The van der Waals surface area contributed by atoms with E-state index in [-0.39, 0.29) is 5.75 Å². The van der Waals surface area contributed by atoms with Crippen LogP contribution >= 0.6 is 0 Å². The van der Waals surface area contributed by atoms with Crippen molar-refractivity contribution in [3.05, 3.63) is 29.8 Å². The molecule has 0 heterocycles. The van der Waals surface area contributed by atoms with Gasteiger partial charge in [-0.15, -0.1) is 0 Å². The van der Waals surface area contributed by atoms with Gasteiger partial charge in [-0.05, 0) is 19.1 Å². The summed E-state index contributed by atoms with van der Waals surface area (Å²) in [5, 5.41) is 9.47. The van der Waals surface area contributed by atoms with Crippen LogP contribution in [0.2, 0.25) is 0 Å². The summed E-state index contributed by atoms with van der Waals surface area (Å²) in [6.07, 6.45) is 2.85. The highest BCUT2D eigenvalue weighted by atomic mass is 16.5. The number of hydrogen-bond acceptors (Lipinski definition) is 3.